The Bertz CT molecular complexity index is 377. The normalized spacial score (nSPS) is 15.2. The highest BCUT2D eigenvalue weighted by molar-refractivity contribution is 9.10. The molecule has 1 aromatic heterocycles. The lowest BCUT2D eigenvalue weighted by molar-refractivity contribution is -0.128. The number of carbonyl (C=O) groups excluding carboxylic acids is 1. The number of nitrogens with zero attached hydrogens (tertiary/aromatic N) is 2. The highest BCUT2D eigenvalue weighted by Gasteiger charge is 2.17. The SMILES string of the molecule is O=C(CNc1cncc(Br)c1)N1CCCC1. The van der Waals surface area contributed by atoms with Crippen LogP contribution in [0.25, 0.3) is 0 Å². The van der Waals surface area contributed by atoms with E-state index in [2.05, 4.69) is 26.2 Å². The van der Waals surface area contributed by atoms with Gasteiger partial charge in [0, 0.05) is 23.8 Å². The fourth-order valence-electron chi connectivity index (χ4n) is 1.76. The van der Waals surface area contributed by atoms with E-state index in [0.29, 0.717) is 6.54 Å². The summed E-state index contributed by atoms with van der Waals surface area (Å²) in [6, 6.07) is 1.91. The fourth-order valence-corrected chi connectivity index (χ4v) is 2.13. The maximum Gasteiger partial charge on any atom is 0.241 e. The molecule has 0 bridgehead atoms. The summed E-state index contributed by atoms with van der Waals surface area (Å²) in [6.07, 6.45) is 5.68. The van der Waals surface area contributed by atoms with Crippen molar-refractivity contribution in [3.63, 3.8) is 0 Å². The summed E-state index contributed by atoms with van der Waals surface area (Å²) in [4.78, 5) is 17.7. The number of amides is 1. The van der Waals surface area contributed by atoms with Crippen LogP contribution in [0.2, 0.25) is 0 Å². The predicted molar refractivity (Wildman–Crippen MR) is 66.2 cm³/mol. The molecule has 0 saturated carbocycles. The highest BCUT2D eigenvalue weighted by atomic mass is 79.9. The molecule has 0 aliphatic carbocycles. The van der Waals surface area contributed by atoms with Crippen LogP contribution in [-0.2, 0) is 4.79 Å². The maximum absolute atomic E-state index is 11.7. The molecule has 0 radical (unpaired) electrons. The Kier molecular flexibility index (Phi) is 3.77. The van der Waals surface area contributed by atoms with E-state index >= 15 is 0 Å². The molecule has 1 aromatic rings. The first kappa shape index (κ1) is 11.4. The molecule has 0 atom stereocenters. The molecule has 2 rings (SSSR count). The van der Waals surface area contributed by atoms with Gasteiger partial charge in [-0.05, 0) is 34.8 Å². The molecular formula is C11H14BrN3O. The van der Waals surface area contributed by atoms with E-state index in [-0.39, 0.29) is 5.91 Å². The van der Waals surface area contributed by atoms with Crippen LogP contribution in [0.5, 0.6) is 0 Å². The second-order valence-electron chi connectivity index (χ2n) is 3.83. The minimum atomic E-state index is 0.164. The van der Waals surface area contributed by atoms with Crippen LogP contribution in [-0.4, -0.2) is 35.4 Å². The average Bonchev–Trinajstić information content (AvgIpc) is 2.79. The predicted octanol–water partition coefficient (Wildman–Crippen LogP) is 1.88. The first-order valence-corrected chi connectivity index (χ1v) is 6.17. The largest absolute Gasteiger partial charge is 0.375 e. The Morgan fingerprint density at radius 1 is 1.44 bits per heavy atom. The van der Waals surface area contributed by atoms with E-state index in [1.807, 2.05) is 11.0 Å². The third kappa shape index (κ3) is 2.95. The molecule has 1 saturated heterocycles. The summed E-state index contributed by atoms with van der Waals surface area (Å²) >= 11 is 3.34. The standard InChI is InChI=1S/C11H14BrN3O/c12-9-5-10(7-13-6-9)14-8-11(16)15-3-1-2-4-15/h5-7,14H,1-4,8H2. The van der Waals surface area contributed by atoms with E-state index in [4.69, 9.17) is 0 Å². The summed E-state index contributed by atoms with van der Waals surface area (Å²) in [5.41, 5.74) is 0.863. The fraction of sp³-hybridized carbons (Fsp3) is 0.455. The molecule has 1 N–H and O–H groups in total. The number of rotatable bonds is 3. The Labute approximate surface area is 103 Å². The third-order valence-corrected chi connectivity index (χ3v) is 3.04. The van der Waals surface area contributed by atoms with Crippen molar-refractivity contribution in [2.75, 3.05) is 25.0 Å². The van der Waals surface area contributed by atoms with Crippen LogP contribution in [0.15, 0.2) is 22.9 Å². The van der Waals surface area contributed by atoms with Gasteiger partial charge in [-0.3, -0.25) is 9.78 Å². The number of nitrogens with one attached hydrogen (secondary N) is 1. The Hall–Kier alpha value is -1.10. The molecule has 5 heteroatoms. The maximum atomic E-state index is 11.7. The summed E-state index contributed by atoms with van der Waals surface area (Å²) in [5.74, 6) is 0.164. The van der Waals surface area contributed by atoms with Crippen molar-refractivity contribution in [2.45, 2.75) is 12.8 Å². The minimum absolute atomic E-state index is 0.164. The quantitative estimate of drug-likeness (QED) is 0.921. The van der Waals surface area contributed by atoms with Crippen molar-refractivity contribution in [1.29, 1.82) is 0 Å². The zero-order valence-electron chi connectivity index (χ0n) is 8.95. The van der Waals surface area contributed by atoms with Gasteiger partial charge in [-0.25, -0.2) is 0 Å². The van der Waals surface area contributed by atoms with Crippen molar-refractivity contribution >= 4 is 27.5 Å². The van der Waals surface area contributed by atoms with Gasteiger partial charge in [-0.15, -0.1) is 0 Å². The van der Waals surface area contributed by atoms with Gasteiger partial charge in [0.25, 0.3) is 0 Å². The zero-order chi connectivity index (χ0) is 11.4. The average molecular weight is 284 g/mol. The second-order valence-corrected chi connectivity index (χ2v) is 4.75. The molecule has 0 spiro atoms. The van der Waals surface area contributed by atoms with Crippen LogP contribution < -0.4 is 5.32 Å². The molecule has 0 aromatic carbocycles. The Morgan fingerprint density at radius 3 is 2.88 bits per heavy atom. The summed E-state index contributed by atoms with van der Waals surface area (Å²) in [6.45, 7) is 2.15. The highest BCUT2D eigenvalue weighted by Crippen LogP contribution is 2.13. The molecule has 1 amide bonds. The van der Waals surface area contributed by atoms with Gasteiger partial charge >= 0.3 is 0 Å². The first-order valence-electron chi connectivity index (χ1n) is 5.38. The molecule has 2 heterocycles. The van der Waals surface area contributed by atoms with Crippen molar-refractivity contribution in [2.24, 2.45) is 0 Å². The van der Waals surface area contributed by atoms with E-state index in [0.717, 1.165) is 36.1 Å². The van der Waals surface area contributed by atoms with Gasteiger partial charge in [0.15, 0.2) is 0 Å². The molecular weight excluding hydrogens is 270 g/mol. The summed E-state index contributed by atoms with van der Waals surface area (Å²) in [7, 11) is 0. The Balaban J connectivity index is 1.84. The topological polar surface area (TPSA) is 45.2 Å². The second kappa shape index (κ2) is 5.30. The number of halogens is 1. The van der Waals surface area contributed by atoms with Gasteiger partial charge in [0.1, 0.15) is 0 Å². The van der Waals surface area contributed by atoms with Crippen molar-refractivity contribution in [3.05, 3.63) is 22.9 Å². The lowest BCUT2D eigenvalue weighted by Gasteiger charge is -2.15. The van der Waals surface area contributed by atoms with Crippen LogP contribution in [0.4, 0.5) is 5.69 Å². The van der Waals surface area contributed by atoms with Gasteiger partial charge < -0.3 is 10.2 Å². The first-order chi connectivity index (χ1) is 7.75. The molecule has 16 heavy (non-hydrogen) atoms. The van der Waals surface area contributed by atoms with E-state index in [9.17, 15) is 4.79 Å². The number of carbonyl (C=O) groups is 1. The van der Waals surface area contributed by atoms with Crippen LogP contribution >= 0.6 is 15.9 Å². The van der Waals surface area contributed by atoms with Gasteiger partial charge in [0.05, 0.1) is 18.4 Å². The molecule has 1 fully saturated rings. The van der Waals surface area contributed by atoms with E-state index in [1.54, 1.807) is 12.4 Å². The molecule has 86 valence electrons. The summed E-state index contributed by atoms with van der Waals surface area (Å²) < 4.78 is 0.908. The number of pyridine rings is 1. The van der Waals surface area contributed by atoms with Crippen LogP contribution in [0, 0.1) is 0 Å². The molecule has 0 unspecified atom stereocenters. The van der Waals surface area contributed by atoms with Crippen LogP contribution in [0.3, 0.4) is 0 Å². The minimum Gasteiger partial charge on any atom is -0.375 e. The third-order valence-electron chi connectivity index (χ3n) is 2.61. The number of anilines is 1. The zero-order valence-corrected chi connectivity index (χ0v) is 10.5. The lowest BCUT2D eigenvalue weighted by atomic mass is 10.4. The van der Waals surface area contributed by atoms with E-state index in [1.165, 1.54) is 0 Å². The van der Waals surface area contributed by atoms with Gasteiger partial charge in [-0.1, -0.05) is 0 Å². The number of hydrogen-bond acceptors (Lipinski definition) is 3. The molecule has 1 aliphatic rings. The van der Waals surface area contributed by atoms with Gasteiger partial charge in [-0.2, -0.15) is 0 Å². The number of likely N-dealkylation sites (tertiary alicyclic amines) is 1. The molecule has 1 aliphatic heterocycles. The van der Waals surface area contributed by atoms with Crippen molar-refractivity contribution < 1.29 is 4.79 Å². The number of aromatic nitrogens is 1. The smallest absolute Gasteiger partial charge is 0.241 e. The Morgan fingerprint density at radius 2 is 2.19 bits per heavy atom. The van der Waals surface area contributed by atoms with Crippen LogP contribution in [0.1, 0.15) is 12.8 Å². The number of hydrogen-bond donors (Lipinski definition) is 1. The van der Waals surface area contributed by atoms with E-state index < -0.39 is 0 Å². The lowest BCUT2D eigenvalue weighted by Crippen LogP contribution is -2.32. The monoisotopic (exact) mass is 283 g/mol. The van der Waals surface area contributed by atoms with Crippen molar-refractivity contribution in [1.82, 2.24) is 9.88 Å². The summed E-state index contributed by atoms with van der Waals surface area (Å²) in [5, 5.41) is 3.08. The van der Waals surface area contributed by atoms with Crippen molar-refractivity contribution in [3.8, 4) is 0 Å². The molecule has 4 nitrogen and oxygen atoms in total. The van der Waals surface area contributed by atoms with Gasteiger partial charge in [0.2, 0.25) is 5.91 Å².